The third-order valence-corrected chi connectivity index (χ3v) is 6.14. The van der Waals surface area contributed by atoms with E-state index in [1.165, 1.54) is 0 Å². The van der Waals surface area contributed by atoms with Crippen LogP contribution in [0.15, 0.2) is 18.2 Å². The topological polar surface area (TPSA) is 75.7 Å². The van der Waals surface area contributed by atoms with E-state index in [1.54, 1.807) is 14.0 Å². The molecule has 0 aliphatic carbocycles. The van der Waals surface area contributed by atoms with Crippen LogP contribution in [0, 0.1) is 6.92 Å². The summed E-state index contributed by atoms with van der Waals surface area (Å²) in [5.41, 5.74) is 1.49. The second-order valence-electron chi connectivity index (χ2n) is 6.94. The second-order valence-corrected chi connectivity index (χ2v) is 9.12. The van der Waals surface area contributed by atoms with Crippen LogP contribution in [-0.2, 0) is 21.2 Å². The summed E-state index contributed by atoms with van der Waals surface area (Å²) in [5, 5.41) is 2.88. The highest BCUT2D eigenvalue weighted by Crippen LogP contribution is 2.23. The van der Waals surface area contributed by atoms with Gasteiger partial charge >= 0.3 is 0 Å². The van der Waals surface area contributed by atoms with Crippen LogP contribution in [0.5, 0.6) is 5.75 Å². The van der Waals surface area contributed by atoms with E-state index in [4.69, 9.17) is 4.74 Å². The monoisotopic (exact) mass is 354 g/mol. The fourth-order valence-corrected chi connectivity index (χ4v) is 5.20. The van der Waals surface area contributed by atoms with Crippen molar-refractivity contribution in [2.45, 2.75) is 32.4 Å². The Morgan fingerprint density at radius 1 is 1.42 bits per heavy atom. The number of nitrogens with one attached hydrogen (secondary N) is 1. The molecular weight excluding hydrogens is 328 g/mol. The summed E-state index contributed by atoms with van der Waals surface area (Å²) in [7, 11) is 0.448. The van der Waals surface area contributed by atoms with Crippen molar-refractivity contribution >= 4 is 15.7 Å². The number of hydrogen-bond acceptors (Lipinski definition) is 5. The molecule has 134 valence electrons. The molecule has 1 amide bonds. The van der Waals surface area contributed by atoms with Crippen molar-refractivity contribution in [1.29, 1.82) is 0 Å². The molecule has 0 saturated carbocycles. The number of amides is 1. The smallest absolute Gasteiger partial charge is 0.234 e. The van der Waals surface area contributed by atoms with E-state index in [9.17, 15) is 13.2 Å². The molecule has 0 unspecified atom stereocenters. The average molecular weight is 354 g/mol. The van der Waals surface area contributed by atoms with Crippen molar-refractivity contribution in [3.05, 3.63) is 29.3 Å². The molecule has 1 saturated heterocycles. The van der Waals surface area contributed by atoms with E-state index in [-0.39, 0.29) is 24.0 Å². The first-order chi connectivity index (χ1) is 11.1. The molecule has 6 nitrogen and oxygen atoms in total. The summed E-state index contributed by atoms with van der Waals surface area (Å²) in [6, 6.07) is 5.94. The van der Waals surface area contributed by atoms with E-state index in [1.807, 2.05) is 37.1 Å². The van der Waals surface area contributed by atoms with Gasteiger partial charge in [-0.15, -0.1) is 0 Å². The predicted octanol–water partition coefficient (Wildman–Crippen LogP) is 1.13. The molecule has 0 bridgehead atoms. The molecule has 1 heterocycles. The van der Waals surface area contributed by atoms with E-state index in [0.29, 0.717) is 13.0 Å². The number of ether oxygens (including phenoxy) is 1. The second kappa shape index (κ2) is 7.11. The molecule has 2 rings (SSSR count). The van der Waals surface area contributed by atoms with Crippen molar-refractivity contribution in [1.82, 2.24) is 10.2 Å². The van der Waals surface area contributed by atoms with Gasteiger partial charge in [0.05, 0.1) is 30.7 Å². The average Bonchev–Trinajstić information content (AvgIpc) is 2.72. The Labute approximate surface area is 144 Å². The molecule has 1 aliphatic rings. The number of carbonyl (C=O) groups excluding carboxylic acids is 1. The van der Waals surface area contributed by atoms with Crippen LogP contribution < -0.4 is 10.1 Å². The summed E-state index contributed by atoms with van der Waals surface area (Å²) in [6.45, 7) is 4.58. The van der Waals surface area contributed by atoms with Gasteiger partial charge in [-0.3, -0.25) is 9.69 Å². The SMILES string of the molecule is COc1ccc(C)cc1CN(C)CC(=O)N[C@@]1(C)CCS(=O)(=O)C1. The van der Waals surface area contributed by atoms with Gasteiger partial charge in [-0.05, 0) is 33.4 Å². The number of benzene rings is 1. The van der Waals surface area contributed by atoms with E-state index < -0.39 is 15.4 Å². The van der Waals surface area contributed by atoms with Gasteiger partial charge in [-0.25, -0.2) is 8.42 Å². The molecule has 7 heteroatoms. The molecule has 1 atom stereocenters. The molecule has 0 aromatic heterocycles. The van der Waals surface area contributed by atoms with Gasteiger partial charge in [0, 0.05) is 12.1 Å². The fraction of sp³-hybridized carbons (Fsp3) is 0.588. The van der Waals surface area contributed by atoms with E-state index in [2.05, 4.69) is 5.32 Å². The number of nitrogens with zero attached hydrogens (tertiary/aromatic N) is 1. The summed E-state index contributed by atoms with van der Waals surface area (Å²) in [5.74, 6) is 0.784. The number of methoxy groups -OCH3 is 1. The van der Waals surface area contributed by atoms with Crippen molar-refractivity contribution in [2.24, 2.45) is 0 Å². The zero-order valence-electron chi connectivity index (χ0n) is 14.8. The lowest BCUT2D eigenvalue weighted by molar-refractivity contribution is -0.123. The molecule has 1 N–H and O–H groups in total. The third-order valence-electron chi connectivity index (χ3n) is 4.23. The minimum atomic E-state index is -3.04. The van der Waals surface area contributed by atoms with Crippen LogP contribution in [0.25, 0.3) is 0 Å². The summed E-state index contributed by atoms with van der Waals surface area (Å²) >= 11 is 0. The Kier molecular flexibility index (Phi) is 5.55. The first kappa shape index (κ1) is 18.7. The Bertz CT molecular complexity index is 717. The predicted molar refractivity (Wildman–Crippen MR) is 93.9 cm³/mol. The maximum absolute atomic E-state index is 12.3. The minimum Gasteiger partial charge on any atom is -0.496 e. The normalized spacial score (nSPS) is 22.5. The lowest BCUT2D eigenvalue weighted by atomic mass is 10.0. The Morgan fingerprint density at radius 2 is 2.12 bits per heavy atom. The van der Waals surface area contributed by atoms with Crippen LogP contribution in [-0.4, -0.2) is 57.0 Å². The first-order valence-electron chi connectivity index (χ1n) is 7.96. The fourth-order valence-electron chi connectivity index (χ4n) is 3.11. The molecule has 0 radical (unpaired) electrons. The van der Waals surface area contributed by atoms with Gasteiger partial charge in [0.25, 0.3) is 0 Å². The van der Waals surface area contributed by atoms with Crippen LogP contribution in [0.1, 0.15) is 24.5 Å². The van der Waals surface area contributed by atoms with Crippen LogP contribution in [0.2, 0.25) is 0 Å². The van der Waals surface area contributed by atoms with Crippen molar-refractivity contribution < 1.29 is 17.9 Å². The highest BCUT2D eigenvalue weighted by molar-refractivity contribution is 7.91. The molecule has 0 spiro atoms. The van der Waals surface area contributed by atoms with Gasteiger partial charge in [0.2, 0.25) is 5.91 Å². The zero-order valence-corrected chi connectivity index (χ0v) is 15.6. The highest BCUT2D eigenvalue weighted by atomic mass is 32.2. The molecule has 1 aromatic rings. The lowest BCUT2D eigenvalue weighted by Gasteiger charge is -2.26. The number of aryl methyl sites for hydroxylation is 1. The highest BCUT2D eigenvalue weighted by Gasteiger charge is 2.39. The van der Waals surface area contributed by atoms with Gasteiger partial charge in [0.15, 0.2) is 9.84 Å². The number of carbonyl (C=O) groups is 1. The molecule has 1 aromatic carbocycles. The van der Waals surface area contributed by atoms with Crippen LogP contribution in [0.4, 0.5) is 0 Å². The standard InChI is InChI=1S/C17H26N2O4S/c1-13-5-6-15(23-4)14(9-13)10-19(3)11-16(20)18-17(2)7-8-24(21,22)12-17/h5-6,9H,7-8,10-12H2,1-4H3,(H,18,20)/t17-/m0/s1. The third kappa shape index (κ3) is 4.95. The van der Waals surface area contributed by atoms with Gasteiger partial charge in [-0.2, -0.15) is 0 Å². The van der Waals surface area contributed by atoms with E-state index >= 15 is 0 Å². The van der Waals surface area contributed by atoms with Crippen molar-refractivity contribution in [3.63, 3.8) is 0 Å². The van der Waals surface area contributed by atoms with Crippen LogP contribution in [0.3, 0.4) is 0 Å². The minimum absolute atomic E-state index is 0.0150. The Hall–Kier alpha value is -1.60. The zero-order chi connectivity index (χ0) is 18.0. The number of likely N-dealkylation sites (N-methyl/N-ethyl adjacent to an activating group) is 1. The maximum Gasteiger partial charge on any atom is 0.234 e. The summed E-state index contributed by atoms with van der Waals surface area (Å²) < 4.78 is 28.6. The molecule has 1 aliphatic heterocycles. The maximum atomic E-state index is 12.3. The molecular formula is C17H26N2O4S. The van der Waals surface area contributed by atoms with E-state index in [0.717, 1.165) is 16.9 Å². The van der Waals surface area contributed by atoms with Gasteiger partial charge in [0.1, 0.15) is 5.75 Å². The Balaban J connectivity index is 1.94. The lowest BCUT2D eigenvalue weighted by Crippen LogP contribution is -2.49. The molecule has 1 fully saturated rings. The Morgan fingerprint density at radius 3 is 2.71 bits per heavy atom. The van der Waals surface area contributed by atoms with Crippen molar-refractivity contribution in [3.8, 4) is 5.75 Å². The van der Waals surface area contributed by atoms with Gasteiger partial charge < -0.3 is 10.1 Å². The summed E-state index contributed by atoms with van der Waals surface area (Å²) in [6.07, 6.45) is 0.469. The number of rotatable bonds is 6. The van der Waals surface area contributed by atoms with Gasteiger partial charge in [-0.1, -0.05) is 17.7 Å². The molecule has 24 heavy (non-hydrogen) atoms. The summed E-state index contributed by atoms with van der Waals surface area (Å²) in [4.78, 5) is 14.1. The number of hydrogen-bond donors (Lipinski definition) is 1. The first-order valence-corrected chi connectivity index (χ1v) is 9.78. The number of sulfone groups is 1. The van der Waals surface area contributed by atoms with Crippen molar-refractivity contribution in [2.75, 3.05) is 32.2 Å². The largest absolute Gasteiger partial charge is 0.496 e. The van der Waals surface area contributed by atoms with Crippen LogP contribution >= 0.6 is 0 Å². The quantitative estimate of drug-likeness (QED) is 0.829.